The van der Waals surface area contributed by atoms with Crippen molar-refractivity contribution in [2.45, 2.75) is 46.1 Å². The molecule has 0 unspecified atom stereocenters. The number of hydrogen-bond acceptors (Lipinski definition) is 1. The largest absolute Gasteiger partial charge is 0.312 e. The van der Waals surface area contributed by atoms with Crippen LogP contribution in [-0.4, -0.2) is 12.4 Å². The van der Waals surface area contributed by atoms with Gasteiger partial charge in [0.05, 0.1) is 0 Å². The first-order valence-corrected chi connectivity index (χ1v) is 7.51. The van der Waals surface area contributed by atoms with Gasteiger partial charge in [-0.15, -0.1) is 11.6 Å². The smallest absolute Gasteiger partial charge is 0.0292 e. The maximum Gasteiger partial charge on any atom is 0.0292 e. The van der Waals surface area contributed by atoms with Gasteiger partial charge < -0.3 is 5.32 Å². The van der Waals surface area contributed by atoms with E-state index in [-0.39, 0.29) is 0 Å². The molecule has 100 valence electrons. The van der Waals surface area contributed by atoms with Crippen LogP contribution in [0.25, 0.3) is 0 Å². The van der Waals surface area contributed by atoms with Gasteiger partial charge in [0.1, 0.15) is 0 Å². The van der Waals surface area contributed by atoms with Gasteiger partial charge in [-0.1, -0.05) is 36.6 Å². The molecule has 0 radical (unpaired) electrons. The molecule has 0 bridgehead atoms. The number of rotatable bonds is 5. The van der Waals surface area contributed by atoms with Crippen molar-refractivity contribution in [2.24, 2.45) is 5.41 Å². The number of alkyl halides is 1. The lowest BCUT2D eigenvalue weighted by Crippen LogP contribution is -2.33. The SMILES string of the molecule is Cc1ccc(C)c(CNCC2(CCl)CCCC2)c1. The Balaban J connectivity index is 1.89. The Morgan fingerprint density at radius 2 is 1.94 bits per heavy atom. The quantitative estimate of drug-likeness (QED) is 0.787. The lowest BCUT2D eigenvalue weighted by atomic mass is 9.88. The molecule has 1 fully saturated rings. The van der Waals surface area contributed by atoms with Crippen molar-refractivity contribution in [1.82, 2.24) is 5.32 Å². The minimum atomic E-state index is 0.360. The first-order valence-electron chi connectivity index (χ1n) is 6.98. The minimum absolute atomic E-state index is 0.360. The molecule has 1 aliphatic rings. The molecule has 1 aromatic rings. The van der Waals surface area contributed by atoms with Crippen LogP contribution in [0.15, 0.2) is 18.2 Å². The summed E-state index contributed by atoms with van der Waals surface area (Å²) in [7, 11) is 0. The van der Waals surface area contributed by atoms with E-state index < -0.39 is 0 Å². The lowest BCUT2D eigenvalue weighted by molar-refractivity contribution is 0.320. The molecule has 0 atom stereocenters. The van der Waals surface area contributed by atoms with Crippen molar-refractivity contribution in [1.29, 1.82) is 0 Å². The predicted octanol–water partition coefficient (Wildman–Crippen LogP) is 4.19. The van der Waals surface area contributed by atoms with Gasteiger partial charge in [-0.2, -0.15) is 0 Å². The van der Waals surface area contributed by atoms with Gasteiger partial charge in [-0.05, 0) is 43.2 Å². The van der Waals surface area contributed by atoms with E-state index in [1.165, 1.54) is 42.4 Å². The van der Waals surface area contributed by atoms with Crippen LogP contribution >= 0.6 is 11.6 Å². The van der Waals surface area contributed by atoms with Crippen molar-refractivity contribution < 1.29 is 0 Å². The highest BCUT2D eigenvalue weighted by molar-refractivity contribution is 6.18. The fourth-order valence-electron chi connectivity index (χ4n) is 2.94. The molecule has 1 aliphatic carbocycles. The van der Waals surface area contributed by atoms with Crippen LogP contribution in [0.3, 0.4) is 0 Å². The van der Waals surface area contributed by atoms with Gasteiger partial charge in [-0.25, -0.2) is 0 Å². The molecule has 0 heterocycles. The Morgan fingerprint density at radius 3 is 2.61 bits per heavy atom. The van der Waals surface area contributed by atoms with Crippen LogP contribution in [0.5, 0.6) is 0 Å². The summed E-state index contributed by atoms with van der Waals surface area (Å²) in [5.41, 5.74) is 4.49. The third-order valence-corrected chi connectivity index (χ3v) is 4.83. The van der Waals surface area contributed by atoms with Crippen molar-refractivity contribution in [3.63, 3.8) is 0 Å². The van der Waals surface area contributed by atoms with Gasteiger partial charge in [-0.3, -0.25) is 0 Å². The summed E-state index contributed by atoms with van der Waals surface area (Å²) in [4.78, 5) is 0. The van der Waals surface area contributed by atoms with Crippen LogP contribution in [0.2, 0.25) is 0 Å². The first-order chi connectivity index (χ1) is 8.65. The monoisotopic (exact) mass is 265 g/mol. The van der Waals surface area contributed by atoms with Gasteiger partial charge >= 0.3 is 0 Å². The molecule has 2 heteroatoms. The van der Waals surface area contributed by atoms with E-state index in [1.807, 2.05) is 0 Å². The van der Waals surface area contributed by atoms with Gasteiger partial charge in [0.2, 0.25) is 0 Å². The summed E-state index contributed by atoms with van der Waals surface area (Å²) in [6, 6.07) is 6.67. The standard InChI is InChI=1S/C16H24ClN/c1-13-5-6-14(2)15(9-13)10-18-12-16(11-17)7-3-4-8-16/h5-6,9,18H,3-4,7-8,10-12H2,1-2H3. The molecule has 0 amide bonds. The summed E-state index contributed by atoms with van der Waals surface area (Å²) in [5.74, 6) is 0.798. The second-order valence-electron chi connectivity index (χ2n) is 5.87. The van der Waals surface area contributed by atoms with Crippen LogP contribution in [0.1, 0.15) is 42.4 Å². The van der Waals surface area contributed by atoms with Gasteiger partial charge in [0, 0.05) is 19.0 Å². The Kier molecular flexibility index (Phi) is 4.69. The fraction of sp³-hybridized carbons (Fsp3) is 0.625. The average Bonchev–Trinajstić information content (AvgIpc) is 2.83. The Bertz CT molecular complexity index is 394. The van der Waals surface area contributed by atoms with Crippen molar-refractivity contribution in [3.8, 4) is 0 Å². The fourth-order valence-corrected chi connectivity index (χ4v) is 3.30. The molecule has 0 aliphatic heterocycles. The second kappa shape index (κ2) is 6.08. The van der Waals surface area contributed by atoms with E-state index in [0.29, 0.717) is 5.41 Å². The van der Waals surface area contributed by atoms with E-state index in [1.54, 1.807) is 0 Å². The van der Waals surface area contributed by atoms with Gasteiger partial charge in [0.25, 0.3) is 0 Å². The Labute approximate surface area is 116 Å². The summed E-state index contributed by atoms with van der Waals surface area (Å²) in [6.07, 6.45) is 5.27. The predicted molar refractivity (Wildman–Crippen MR) is 79.2 cm³/mol. The number of nitrogens with one attached hydrogen (secondary N) is 1. The summed E-state index contributed by atoms with van der Waals surface area (Å²) in [5, 5.41) is 3.62. The zero-order chi connectivity index (χ0) is 13.0. The van der Waals surface area contributed by atoms with Crippen LogP contribution < -0.4 is 5.32 Å². The van der Waals surface area contributed by atoms with Gasteiger partial charge in [0.15, 0.2) is 0 Å². The highest BCUT2D eigenvalue weighted by atomic mass is 35.5. The highest BCUT2D eigenvalue weighted by Gasteiger charge is 2.32. The van der Waals surface area contributed by atoms with E-state index in [4.69, 9.17) is 11.6 Å². The number of halogens is 1. The van der Waals surface area contributed by atoms with E-state index >= 15 is 0 Å². The Hall–Kier alpha value is -0.530. The third-order valence-electron chi connectivity index (χ3n) is 4.27. The van der Waals surface area contributed by atoms with Crippen LogP contribution in [0, 0.1) is 19.3 Å². The molecule has 18 heavy (non-hydrogen) atoms. The van der Waals surface area contributed by atoms with E-state index in [9.17, 15) is 0 Å². The van der Waals surface area contributed by atoms with E-state index in [0.717, 1.165) is 19.0 Å². The van der Waals surface area contributed by atoms with Crippen molar-refractivity contribution in [2.75, 3.05) is 12.4 Å². The number of benzene rings is 1. The maximum absolute atomic E-state index is 6.16. The maximum atomic E-state index is 6.16. The van der Waals surface area contributed by atoms with Crippen LogP contribution in [0.4, 0.5) is 0 Å². The summed E-state index contributed by atoms with van der Waals surface area (Å²) in [6.45, 7) is 6.36. The zero-order valence-electron chi connectivity index (χ0n) is 11.6. The molecule has 0 saturated heterocycles. The van der Waals surface area contributed by atoms with Crippen molar-refractivity contribution >= 4 is 11.6 Å². The molecule has 1 saturated carbocycles. The average molecular weight is 266 g/mol. The zero-order valence-corrected chi connectivity index (χ0v) is 12.3. The molecule has 1 nitrogen and oxygen atoms in total. The summed E-state index contributed by atoms with van der Waals surface area (Å²) >= 11 is 6.16. The molecule has 1 aromatic carbocycles. The van der Waals surface area contributed by atoms with Crippen molar-refractivity contribution in [3.05, 3.63) is 34.9 Å². The molecular formula is C16H24ClN. The molecular weight excluding hydrogens is 242 g/mol. The highest BCUT2D eigenvalue weighted by Crippen LogP contribution is 2.38. The Morgan fingerprint density at radius 1 is 1.22 bits per heavy atom. The molecule has 2 rings (SSSR count). The number of hydrogen-bond donors (Lipinski definition) is 1. The lowest BCUT2D eigenvalue weighted by Gasteiger charge is -2.26. The topological polar surface area (TPSA) is 12.0 Å². The molecule has 1 N–H and O–H groups in total. The van der Waals surface area contributed by atoms with E-state index in [2.05, 4.69) is 37.4 Å². The molecule has 0 spiro atoms. The second-order valence-corrected chi connectivity index (χ2v) is 6.14. The number of aryl methyl sites for hydroxylation is 2. The first kappa shape index (κ1) is 13.9. The summed E-state index contributed by atoms with van der Waals surface area (Å²) < 4.78 is 0. The van der Waals surface area contributed by atoms with Crippen LogP contribution in [-0.2, 0) is 6.54 Å². The normalized spacial score (nSPS) is 18.2. The molecule has 0 aromatic heterocycles. The third kappa shape index (κ3) is 3.27. The minimum Gasteiger partial charge on any atom is -0.312 e.